The zero-order valence-corrected chi connectivity index (χ0v) is 9.93. The third-order valence-corrected chi connectivity index (χ3v) is 5.19. The summed E-state index contributed by atoms with van der Waals surface area (Å²) in [5.74, 6) is -0.310. The second kappa shape index (κ2) is 2.89. The lowest BCUT2D eigenvalue weighted by Gasteiger charge is -2.40. The minimum atomic E-state index is -0.770. The number of ether oxygens (including phenoxy) is 1. The maximum atomic E-state index is 11.8. The zero-order chi connectivity index (χ0) is 12.4. The Hall–Kier alpha value is -1.39. The molecule has 1 saturated heterocycles. The van der Waals surface area contributed by atoms with Gasteiger partial charge in [-0.1, -0.05) is 13.8 Å². The Balaban J connectivity index is 2.13. The third-order valence-electron chi connectivity index (χ3n) is 5.19. The van der Waals surface area contributed by atoms with Crippen molar-refractivity contribution in [2.75, 3.05) is 0 Å². The smallest absolute Gasteiger partial charge is 0.417 e. The molecular weight excluding hydrogens is 222 g/mol. The van der Waals surface area contributed by atoms with Crippen LogP contribution >= 0.6 is 0 Å². The van der Waals surface area contributed by atoms with Gasteiger partial charge in [0.2, 0.25) is 6.29 Å². The SMILES string of the molecule is CC1(C)[C@@H]2CC[C@]13[C@@H](C2)OC(=O)N3C(=O)C=O. The molecule has 0 aromatic carbocycles. The van der Waals surface area contributed by atoms with Gasteiger partial charge in [0.1, 0.15) is 6.10 Å². The topological polar surface area (TPSA) is 63.7 Å². The molecule has 2 aliphatic carbocycles. The van der Waals surface area contributed by atoms with Crippen LogP contribution in [0.3, 0.4) is 0 Å². The number of nitrogens with zero attached hydrogens (tertiary/aromatic N) is 1. The molecule has 1 spiro atoms. The standard InChI is InChI=1S/C12H15NO4/c1-11(2)7-3-4-12(11)8(5-7)17-10(16)13(12)9(15)6-14/h6-8H,3-5H2,1-2H3/t7-,8-,12+/m1/s1. The van der Waals surface area contributed by atoms with Crippen molar-refractivity contribution in [3.8, 4) is 0 Å². The fourth-order valence-electron chi connectivity index (χ4n) is 4.24. The number of hydrogen-bond donors (Lipinski definition) is 0. The molecule has 3 atom stereocenters. The van der Waals surface area contributed by atoms with E-state index < -0.39 is 17.5 Å². The maximum Gasteiger partial charge on any atom is 0.417 e. The van der Waals surface area contributed by atoms with Gasteiger partial charge in [-0.2, -0.15) is 0 Å². The molecule has 1 heterocycles. The Bertz CT molecular complexity index is 430. The van der Waals surface area contributed by atoms with Gasteiger partial charge in [0.15, 0.2) is 0 Å². The van der Waals surface area contributed by atoms with E-state index in [9.17, 15) is 14.4 Å². The lowest BCUT2D eigenvalue weighted by Crippen LogP contribution is -2.57. The van der Waals surface area contributed by atoms with Gasteiger partial charge in [-0.05, 0) is 30.6 Å². The number of imide groups is 1. The van der Waals surface area contributed by atoms with E-state index >= 15 is 0 Å². The van der Waals surface area contributed by atoms with Crippen LogP contribution in [-0.4, -0.2) is 34.8 Å². The van der Waals surface area contributed by atoms with Gasteiger partial charge < -0.3 is 4.74 Å². The van der Waals surface area contributed by atoms with Gasteiger partial charge in [-0.15, -0.1) is 0 Å². The average Bonchev–Trinajstić information content (AvgIpc) is 2.78. The lowest BCUT2D eigenvalue weighted by molar-refractivity contribution is -0.141. The Labute approximate surface area is 99.1 Å². The summed E-state index contributed by atoms with van der Waals surface area (Å²) in [6, 6.07) is 0. The van der Waals surface area contributed by atoms with Crippen LogP contribution in [0.5, 0.6) is 0 Å². The van der Waals surface area contributed by atoms with E-state index in [2.05, 4.69) is 13.8 Å². The van der Waals surface area contributed by atoms with Crippen molar-refractivity contribution < 1.29 is 19.1 Å². The molecule has 2 saturated carbocycles. The largest absolute Gasteiger partial charge is 0.443 e. The first kappa shape index (κ1) is 10.7. The predicted molar refractivity (Wildman–Crippen MR) is 57.0 cm³/mol. The molecule has 1 aliphatic heterocycles. The number of amides is 2. The fraction of sp³-hybridized carbons (Fsp3) is 0.750. The Morgan fingerprint density at radius 2 is 2.24 bits per heavy atom. The highest BCUT2D eigenvalue weighted by Gasteiger charge is 2.73. The first-order valence-corrected chi connectivity index (χ1v) is 5.95. The van der Waals surface area contributed by atoms with Gasteiger partial charge in [-0.25, -0.2) is 9.69 Å². The van der Waals surface area contributed by atoms with Crippen LogP contribution < -0.4 is 0 Å². The van der Waals surface area contributed by atoms with Crippen molar-refractivity contribution in [1.29, 1.82) is 0 Å². The molecule has 2 bridgehead atoms. The highest BCUT2D eigenvalue weighted by Crippen LogP contribution is 2.65. The molecule has 3 fully saturated rings. The van der Waals surface area contributed by atoms with Crippen LogP contribution in [0.25, 0.3) is 0 Å². The van der Waals surface area contributed by atoms with E-state index in [1.807, 2.05) is 0 Å². The molecule has 3 aliphatic rings. The third kappa shape index (κ3) is 0.944. The molecule has 0 N–H and O–H groups in total. The number of fused-ring (bicyclic) bond motifs is 1. The van der Waals surface area contributed by atoms with Crippen molar-refractivity contribution in [3.63, 3.8) is 0 Å². The van der Waals surface area contributed by atoms with E-state index in [1.54, 1.807) is 0 Å². The van der Waals surface area contributed by atoms with Gasteiger partial charge in [-0.3, -0.25) is 9.59 Å². The number of carbonyl (C=O) groups is 3. The first-order valence-electron chi connectivity index (χ1n) is 5.95. The van der Waals surface area contributed by atoms with Crippen LogP contribution in [0.1, 0.15) is 33.1 Å². The fourth-order valence-corrected chi connectivity index (χ4v) is 4.24. The summed E-state index contributed by atoms with van der Waals surface area (Å²) in [4.78, 5) is 35.3. The quantitative estimate of drug-likeness (QED) is 0.506. The Morgan fingerprint density at radius 3 is 2.82 bits per heavy atom. The van der Waals surface area contributed by atoms with Gasteiger partial charge >= 0.3 is 6.09 Å². The summed E-state index contributed by atoms with van der Waals surface area (Å²) in [5, 5.41) is 0. The summed E-state index contributed by atoms with van der Waals surface area (Å²) in [6.45, 7) is 4.13. The highest BCUT2D eigenvalue weighted by molar-refractivity contribution is 6.27. The van der Waals surface area contributed by atoms with E-state index in [-0.39, 0.29) is 17.8 Å². The number of carbonyl (C=O) groups excluding carboxylic acids is 3. The second-order valence-corrected chi connectivity index (χ2v) is 5.78. The normalized spacial score (nSPS) is 41.3. The van der Waals surface area contributed by atoms with E-state index in [0.29, 0.717) is 5.92 Å². The monoisotopic (exact) mass is 237 g/mol. The van der Waals surface area contributed by atoms with Crippen LogP contribution in [0.2, 0.25) is 0 Å². The first-order chi connectivity index (χ1) is 7.95. The molecule has 2 amide bonds. The molecule has 5 heteroatoms. The molecule has 92 valence electrons. The Morgan fingerprint density at radius 1 is 1.53 bits per heavy atom. The van der Waals surface area contributed by atoms with Gasteiger partial charge in [0.05, 0.1) is 5.54 Å². The molecule has 0 radical (unpaired) electrons. The lowest BCUT2D eigenvalue weighted by atomic mass is 9.74. The van der Waals surface area contributed by atoms with Crippen molar-refractivity contribution in [2.45, 2.75) is 44.8 Å². The van der Waals surface area contributed by atoms with Crippen LogP contribution in [0.15, 0.2) is 0 Å². The molecule has 3 rings (SSSR count). The number of rotatable bonds is 1. The van der Waals surface area contributed by atoms with Gasteiger partial charge in [0.25, 0.3) is 5.91 Å². The molecular formula is C12H15NO4. The number of hydrogen-bond acceptors (Lipinski definition) is 4. The van der Waals surface area contributed by atoms with Gasteiger partial charge in [0, 0.05) is 0 Å². The molecule has 5 nitrogen and oxygen atoms in total. The Kier molecular flexibility index (Phi) is 1.83. The summed E-state index contributed by atoms with van der Waals surface area (Å²) in [5.41, 5.74) is -0.755. The molecule has 17 heavy (non-hydrogen) atoms. The summed E-state index contributed by atoms with van der Waals surface area (Å²) in [6.07, 6.45) is 1.87. The van der Waals surface area contributed by atoms with Crippen molar-refractivity contribution in [2.24, 2.45) is 11.3 Å². The van der Waals surface area contributed by atoms with E-state index in [0.717, 1.165) is 24.2 Å². The molecule has 0 aromatic rings. The van der Waals surface area contributed by atoms with E-state index in [1.165, 1.54) is 0 Å². The summed E-state index contributed by atoms with van der Waals surface area (Å²) >= 11 is 0. The maximum absolute atomic E-state index is 11.8. The van der Waals surface area contributed by atoms with Crippen LogP contribution in [0, 0.1) is 11.3 Å². The minimum absolute atomic E-state index is 0.164. The molecule has 0 unspecified atom stereocenters. The zero-order valence-electron chi connectivity index (χ0n) is 9.93. The predicted octanol–water partition coefficient (Wildman–Crippen LogP) is 1.11. The average molecular weight is 237 g/mol. The summed E-state index contributed by atoms with van der Waals surface area (Å²) in [7, 11) is 0. The second-order valence-electron chi connectivity index (χ2n) is 5.78. The highest BCUT2D eigenvalue weighted by atomic mass is 16.6. The van der Waals surface area contributed by atoms with Crippen molar-refractivity contribution in [1.82, 2.24) is 4.90 Å². The minimum Gasteiger partial charge on any atom is -0.443 e. The summed E-state index contributed by atoms with van der Waals surface area (Å²) < 4.78 is 5.29. The van der Waals surface area contributed by atoms with Crippen LogP contribution in [0.4, 0.5) is 4.79 Å². The van der Waals surface area contributed by atoms with E-state index in [4.69, 9.17) is 4.74 Å². The number of aldehydes is 1. The van der Waals surface area contributed by atoms with Crippen molar-refractivity contribution >= 4 is 18.3 Å². The molecule has 0 aromatic heterocycles. The van der Waals surface area contributed by atoms with Crippen LogP contribution in [-0.2, 0) is 14.3 Å². The van der Waals surface area contributed by atoms with Crippen molar-refractivity contribution in [3.05, 3.63) is 0 Å².